The van der Waals surface area contributed by atoms with Crippen molar-refractivity contribution in [3.63, 3.8) is 0 Å². The Bertz CT molecular complexity index is 1070. The van der Waals surface area contributed by atoms with Crippen LogP contribution < -0.4 is 5.32 Å². The monoisotopic (exact) mass is 429 g/mol. The third kappa shape index (κ3) is 3.80. The normalized spacial score (nSPS) is 16.5. The largest absolute Gasteiger partial charge is 0.395 e. The van der Waals surface area contributed by atoms with Crippen molar-refractivity contribution in [3.05, 3.63) is 50.3 Å². The summed E-state index contributed by atoms with van der Waals surface area (Å²) in [5.74, 6) is -0.0188. The first-order valence-corrected chi connectivity index (χ1v) is 11.3. The maximum Gasteiger partial charge on any atom is 0.265 e. The lowest BCUT2D eigenvalue weighted by molar-refractivity contribution is 0.0794. The van der Waals surface area contributed by atoms with Crippen molar-refractivity contribution in [2.45, 2.75) is 26.2 Å². The number of nitrogens with one attached hydrogen (secondary N) is 1. The van der Waals surface area contributed by atoms with E-state index in [0.29, 0.717) is 22.8 Å². The van der Waals surface area contributed by atoms with Crippen LogP contribution in [0.15, 0.2) is 24.3 Å². The van der Waals surface area contributed by atoms with Gasteiger partial charge in [-0.25, -0.2) is 4.98 Å². The van der Waals surface area contributed by atoms with E-state index < -0.39 is 0 Å². The molecule has 0 aliphatic carbocycles. The Morgan fingerprint density at radius 1 is 1.24 bits per heavy atom. The van der Waals surface area contributed by atoms with Gasteiger partial charge in [-0.15, -0.1) is 22.7 Å². The first-order chi connectivity index (χ1) is 14.0. The number of thiophene rings is 1. The topological polar surface area (TPSA) is 82.5 Å². The Morgan fingerprint density at radius 3 is 2.76 bits per heavy atom. The van der Waals surface area contributed by atoms with E-state index in [4.69, 9.17) is 5.11 Å². The maximum atomic E-state index is 13.0. The molecular formula is C21H23N3O3S2. The maximum absolute atomic E-state index is 13.0. The summed E-state index contributed by atoms with van der Waals surface area (Å²) in [4.78, 5) is 33.4. The number of carbonyl (C=O) groups excluding carboxylic acids is 2. The van der Waals surface area contributed by atoms with E-state index in [2.05, 4.69) is 10.3 Å². The molecule has 0 unspecified atom stereocenters. The third-order valence-corrected chi connectivity index (χ3v) is 7.47. The lowest BCUT2D eigenvalue weighted by Gasteiger charge is -2.17. The summed E-state index contributed by atoms with van der Waals surface area (Å²) in [5, 5.41) is 13.8. The van der Waals surface area contributed by atoms with Crippen LogP contribution in [0.5, 0.6) is 0 Å². The smallest absolute Gasteiger partial charge is 0.265 e. The molecule has 1 aliphatic heterocycles. The van der Waals surface area contributed by atoms with Crippen LogP contribution in [-0.2, 0) is 0 Å². The average molecular weight is 430 g/mol. The summed E-state index contributed by atoms with van der Waals surface area (Å²) < 4.78 is 1.07. The van der Waals surface area contributed by atoms with Gasteiger partial charge < -0.3 is 15.3 Å². The molecule has 29 heavy (non-hydrogen) atoms. The zero-order chi connectivity index (χ0) is 20.5. The van der Waals surface area contributed by atoms with Gasteiger partial charge in [0.1, 0.15) is 4.88 Å². The number of nitrogens with zero attached hydrogens (tertiary/aromatic N) is 2. The summed E-state index contributed by atoms with van der Waals surface area (Å²) in [6, 6.07) is 8.02. The number of likely N-dealkylation sites (tertiary alicyclic amines) is 1. The highest BCUT2D eigenvalue weighted by molar-refractivity contribution is 7.21. The molecular weight excluding hydrogens is 406 g/mol. The number of aliphatic hydroxyl groups is 1. The number of amides is 2. The number of aromatic nitrogens is 1. The number of rotatable bonds is 5. The molecule has 4 rings (SSSR count). The minimum Gasteiger partial charge on any atom is -0.395 e. The first-order valence-electron chi connectivity index (χ1n) is 9.63. The van der Waals surface area contributed by atoms with Gasteiger partial charge in [0.15, 0.2) is 0 Å². The number of hydrogen-bond acceptors (Lipinski definition) is 6. The predicted octanol–water partition coefficient (Wildman–Crippen LogP) is 3.33. The molecule has 1 aromatic carbocycles. The van der Waals surface area contributed by atoms with Gasteiger partial charge in [-0.2, -0.15) is 0 Å². The van der Waals surface area contributed by atoms with Crippen molar-refractivity contribution in [3.8, 4) is 0 Å². The van der Waals surface area contributed by atoms with Crippen molar-refractivity contribution in [2.24, 2.45) is 0 Å². The molecule has 2 amide bonds. The standard InChI is InChI=1S/C21H23N3O3S2/c1-12-18(28-13(2)23-12)21(27)24-9-7-14(11-24)17-15-5-3-4-6-16(15)29-19(17)20(26)22-8-10-25/h3-6,14,25H,7-11H2,1-2H3,(H,22,26)/t14-/m0/s1. The van der Waals surface area contributed by atoms with Crippen LogP contribution >= 0.6 is 22.7 Å². The molecule has 1 atom stereocenters. The highest BCUT2D eigenvalue weighted by Gasteiger charge is 2.33. The number of hydrogen-bond donors (Lipinski definition) is 2. The summed E-state index contributed by atoms with van der Waals surface area (Å²) in [6.07, 6.45) is 0.823. The predicted molar refractivity (Wildman–Crippen MR) is 116 cm³/mol. The summed E-state index contributed by atoms with van der Waals surface area (Å²) >= 11 is 2.92. The Morgan fingerprint density at radius 2 is 2.03 bits per heavy atom. The molecule has 0 bridgehead atoms. The van der Waals surface area contributed by atoms with Crippen molar-refractivity contribution in [1.29, 1.82) is 0 Å². The molecule has 1 aliphatic rings. The molecule has 8 heteroatoms. The Hall–Kier alpha value is -2.29. The molecule has 2 N–H and O–H groups in total. The van der Waals surface area contributed by atoms with E-state index >= 15 is 0 Å². The van der Waals surface area contributed by atoms with Gasteiger partial charge in [-0.3, -0.25) is 9.59 Å². The Kier molecular flexibility index (Phi) is 5.67. The Balaban J connectivity index is 1.64. The highest BCUT2D eigenvalue weighted by Crippen LogP contribution is 2.40. The highest BCUT2D eigenvalue weighted by atomic mass is 32.1. The van der Waals surface area contributed by atoms with E-state index in [1.807, 2.05) is 43.0 Å². The zero-order valence-electron chi connectivity index (χ0n) is 16.4. The molecule has 2 aromatic heterocycles. The fourth-order valence-corrected chi connectivity index (χ4v) is 6.04. The van der Waals surface area contributed by atoms with Crippen molar-refractivity contribution < 1.29 is 14.7 Å². The molecule has 0 radical (unpaired) electrons. The fraction of sp³-hybridized carbons (Fsp3) is 0.381. The van der Waals surface area contributed by atoms with E-state index in [0.717, 1.165) is 32.8 Å². The number of thiazole rings is 1. The van der Waals surface area contributed by atoms with Crippen LogP contribution in [-0.4, -0.2) is 53.0 Å². The summed E-state index contributed by atoms with van der Waals surface area (Å²) in [5.41, 5.74) is 1.81. The minimum atomic E-state index is -0.158. The number of fused-ring (bicyclic) bond motifs is 1. The zero-order valence-corrected chi connectivity index (χ0v) is 18.0. The van der Waals surface area contributed by atoms with E-state index in [1.54, 1.807) is 0 Å². The van der Waals surface area contributed by atoms with Crippen molar-refractivity contribution >= 4 is 44.6 Å². The fourth-order valence-electron chi connectivity index (χ4n) is 3.94. The number of benzene rings is 1. The molecule has 3 heterocycles. The number of aliphatic hydroxyl groups excluding tert-OH is 1. The SMILES string of the molecule is Cc1nc(C)c(C(=O)N2CC[C@H](c3c(C(=O)NCCO)sc4ccccc34)C2)s1. The van der Waals surface area contributed by atoms with Crippen LogP contribution in [0.25, 0.3) is 10.1 Å². The van der Waals surface area contributed by atoms with Gasteiger partial charge in [-0.1, -0.05) is 18.2 Å². The second-order valence-electron chi connectivity index (χ2n) is 7.20. The van der Waals surface area contributed by atoms with Gasteiger partial charge in [0, 0.05) is 30.3 Å². The summed E-state index contributed by atoms with van der Waals surface area (Å²) in [6.45, 7) is 5.19. The van der Waals surface area contributed by atoms with Crippen molar-refractivity contribution in [1.82, 2.24) is 15.2 Å². The van der Waals surface area contributed by atoms with Crippen LogP contribution in [0.3, 0.4) is 0 Å². The first kappa shape index (κ1) is 20.0. The number of carbonyl (C=O) groups is 2. The molecule has 0 saturated carbocycles. The molecule has 0 spiro atoms. The van der Waals surface area contributed by atoms with Crippen LogP contribution in [0.4, 0.5) is 0 Å². The van der Waals surface area contributed by atoms with E-state index in [-0.39, 0.29) is 30.9 Å². The van der Waals surface area contributed by atoms with Gasteiger partial charge >= 0.3 is 0 Å². The lowest BCUT2D eigenvalue weighted by atomic mass is 9.95. The lowest BCUT2D eigenvalue weighted by Crippen LogP contribution is -2.29. The Labute approximate surface area is 177 Å². The quantitative estimate of drug-likeness (QED) is 0.652. The molecule has 6 nitrogen and oxygen atoms in total. The molecule has 152 valence electrons. The minimum absolute atomic E-state index is 0.0291. The summed E-state index contributed by atoms with van der Waals surface area (Å²) in [7, 11) is 0. The van der Waals surface area contributed by atoms with Gasteiger partial charge in [-0.05, 0) is 37.3 Å². The second kappa shape index (κ2) is 8.22. The second-order valence-corrected chi connectivity index (χ2v) is 9.46. The average Bonchev–Trinajstić information content (AvgIpc) is 3.41. The number of aryl methyl sites for hydroxylation is 2. The molecule has 1 saturated heterocycles. The molecule has 1 fully saturated rings. The van der Waals surface area contributed by atoms with Crippen LogP contribution in [0, 0.1) is 13.8 Å². The van der Waals surface area contributed by atoms with Gasteiger partial charge in [0.05, 0.1) is 22.2 Å². The third-order valence-electron chi connectivity index (χ3n) is 5.22. The van der Waals surface area contributed by atoms with Gasteiger partial charge in [0.25, 0.3) is 11.8 Å². The van der Waals surface area contributed by atoms with E-state index in [9.17, 15) is 9.59 Å². The van der Waals surface area contributed by atoms with Crippen LogP contribution in [0.1, 0.15) is 47.9 Å². The van der Waals surface area contributed by atoms with Crippen molar-refractivity contribution in [2.75, 3.05) is 26.2 Å². The van der Waals surface area contributed by atoms with E-state index in [1.165, 1.54) is 22.7 Å². The van der Waals surface area contributed by atoms with Gasteiger partial charge in [0.2, 0.25) is 0 Å². The molecule has 3 aromatic rings. The van der Waals surface area contributed by atoms with Crippen LogP contribution in [0.2, 0.25) is 0 Å².